The number of carbonyl (C=O) groups is 1. The van der Waals surface area contributed by atoms with E-state index in [1.807, 2.05) is 6.92 Å². The van der Waals surface area contributed by atoms with E-state index >= 15 is 0 Å². The summed E-state index contributed by atoms with van der Waals surface area (Å²) in [5, 5.41) is 10.3. The largest absolute Gasteiger partial charge is 0.299 e. The third-order valence-electron chi connectivity index (χ3n) is 8.24. The molecule has 3 saturated carbocycles. The summed E-state index contributed by atoms with van der Waals surface area (Å²) in [6, 6.07) is 10.8. The molecule has 34 heavy (non-hydrogen) atoms. The number of nitrogens with zero attached hydrogens (tertiary/aromatic N) is 2. The number of rotatable bonds is 7. The molecule has 0 spiro atoms. The number of nitriles is 1. The summed E-state index contributed by atoms with van der Waals surface area (Å²) in [6.07, 6.45) is 8.96. The Labute approximate surface area is 206 Å². The second-order valence-electron chi connectivity index (χ2n) is 10.7. The molecule has 2 atom stereocenters. The maximum Gasteiger partial charge on any atom is 0.150 e. The van der Waals surface area contributed by atoms with Gasteiger partial charge in [0.1, 0.15) is 15.6 Å². The van der Waals surface area contributed by atoms with Crippen LogP contribution in [0.5, 0.6) is 0 Å². The average molecular weight is 497 g/mol. The number of aromatic nitrogens is 1. The standard InChI is InChI=1S/C27H32N2O3S2/c1-17-29-25(19-9-7-18(8-10-19)20-13-21(14-20)34(2,31)32)26(33-17)23-6-4-3-5-22(23)24(30)15-27(16-28)11-12-27/h7-10,20-23H,3-6,11-15H2,1-2H3/t20?,21?,22-,23-/m1/s1. The molecule has 0 unspecified atom stereocenters. The van der Waals surface area contributed by atoms with Gasteiger partial charge in [-0.2, -0.15) is 5.26 Å². The number of benzene rings is 1. The molecule has 5 rings (SSSR count). The Kier molecular flexibility index (Phi) is 6.18. The van der Waals surface area contributed by atoms with Crippen LogP contribution < -0.4 is 0 Å². The molecule has 1 aromatic carbocycles. The van der Waals surface area contributed by atoms with E-state index in [-0.39, 0.29) is 28.3 Å². The minimum Gasteiger partial charge on any atom is -0.299 e. The predicted octanol–water partition coefficient (Wildman–Crippen LogP) is 5.95. The number of Topliss-reactive ketones (excluding diaryl/α,β-unsaturated/α-hetero) is 1. The van der Waals surface area contributed by atoms with Crippen LogP contribution in [0.15, 0.2) is 24.3 Å². The Hall–Kier alpha value is -2.04. The molecule has 3 aliphatic rings. The summed E-state index contributed by atoms with van der Waals surface area (Å²) in [4.78, 5) is 19.4. The lowest BCUT2D eigenvalue weighted by atomic mass is 9.73. The third-order valence-corrected chi connectivity index (χ3v) is 10.9. The van der Waals surface area contributed by atoms with E-state index in [4.69, 9.17) is 4.98 Å². The van der Waals surface area contributed by atoms with E-state index in [1.54, 1.807) is 11.3 Å². The van der Waals surface area contributed by atoms with Crippen molar-refractivity contribution < 1.29 is 13.2 Å². The first-order valence-electron chi connectivity index (χ1n) is 12.4. The van der Waals surface area contributed by atoms with E-state index in [1.165, 1.54) is 16.7 Å². The van der Waals surface area contributed by atoms with Crippen LogP contribution in [0, 0.1) is 29.6 Å². The van der Waals surface area contributed by atoms with Crippen LogP contribution in [0.4, 0.5) is 0 Å². The van der Waals surface area contributed by atoms with Gasteiger partial charge in [-0.25, -0.2) is 13.4 Å². The van der Waals surface area contributed by atoms with Gasteiger partial charge < -0.3 is 0 Å². The molecule has 3 aliphatic carbocycles. The number of sulfone groups is 1. The smallest absolute Gasteiger partial charge is 0.150 e. The summed E-state index contributed by atoms with van der Waals surface area (Å²) in [6.45, 7) is 2.03. The maximum atomic E-state index is 13.3. The summed E-state index contributed by atoms with van der Waals surface area (Å²) >= 11 is 1.71. The first-order chi connectivity index (χ1) is 16.2. The topological polar surface area (TPSA) is 87.9 Å². The second-order valence-corrected chi connectivity index (χ2v) is 14.3. The van der Waals surface area contributed by atoms with Gasteiger partial charge in [0.25, 0.3) is 0 Å². The number of hydrogen-bond acceptors (Lipinski definition) is 6. The molecule has 0 amide bonds. The molecule has 3 fully saturated rings. The van der Waals surface area contributed by atoms with Crippen molar-refractivity contribution in [3.8, 4) is 17.3 Å². The van der Waals surface area contributed by atoms with E-state index in [2.05, 4.69) is 30.3 Å². The molecule has 180 valence electrons. The van der Waals surface area contributed by atoms with Crippen molar-refractivity contribution in [1.29, 1.82) is 5.26 Å². The normalized spacial score (nSPS) is 28.0. The Balaban J connectivity index is 1.36. The Morgan fingerprint density at radius 3 is 2.47 bits per heavy atom. The molecule has 1 aromatic heterocycles. The first-order valence-corrected chi connectivity index (χ1v) is 15.2. The van der Waals surface area contributed by atoms with Crippen molar-refractivity contribution in [3.63, 3.8) is 0 Å². The van der Waals surface area contributed by atoms with Crippen LogP contribution in [-0.4, -0.2) is 30.7 Å². The molecule has 0 bridgehead atoms. The second kappa shape index (κ2) is 8.87. The lowest BCUT2D eigenvalue weighted by Crippen LogP contribution is -2.33. The number of carbonyl (C=O) groups excluding carboxylic acids is 1. The van der Waals surface area contributed by atoms with Gasteiger partial charge in [-0.15, -0.1) is 11.3 Å². The van der Waals surface area contributed by atoms with Crippen molar-refractivity contribution in [2.75, 3.05) is 6.26 Å². The highest BCUT2D eigenvalue weighted by Gasteiger charge is 2.47. The van der Waals surface area contributed by atoms with Crippen molar-refractivity contribution in [2.24, 2.45) is 11.3 Å². The molecule has 0 N–H and O–H groups in total. The fourth-order valence-electron chi connectivity index (χ4n) is 5.78. The fraction of sp³-hybridized carbons (Fsp3) is 0.593. The molecule has 0 radical (unpaired) electrons. The highest BCUT2D eigenvalue weighted by atomic mass is 32.2. The molecule has 5 nitrogen and oxygen atoms in total. The zero-order chi connectivity index (χ0) is 24.1. The fourth-order valence-corrected chi connectivity index (χ4v) is 8.09. The quantitative estimate of drug-likeness (QED) is 0.473. The lowest BCUT2D eigenvalue weighted by Gasteiger charge is -2.34. The minimum atomic E-state index is -2.95. The third kappa shape index (κ3) is 4.59. The first kappa shape index (κ1) is 23.7. The van der Waals surface area contributed by atoms with Gasteiger partial charge in [-0.1, -0.05) is 37.1 Å². The van der Waals surface area contributed by atoms with Gasteiger partial charge in [-0.05, 0) is 56.9 Å². The number of thiazole rings is 1. The van der Waals surface area contributed by atoms with Gasteiger partial charge in [0.2, 0.25) is 0 Å². The molecule has 2 aromatic rings. The number of ketones is 1. The number of aryl methyl sites for hydroxylation is 1. The molecular weight excluding hydrogens is 464 g/mol. The molecule has 0 saturated heterocycles. The maximum absolute atomic E-state index is 13.3. The SMILES string of the molecule is Cc1nc(-c2ccc(C3CC(S(C)(=O)=O)C3)cc2)c([C@@H]2CCCC[C@H]2C(=O)CC2(C#N)CC2)s1. The van der Waals surface area contributed by atoms with E-state index in [9.17, 15) is 18.5 Å². The zero-order valence-corrected chi connectivity index (χ0v) is 21.6. The summed E-state index contributed by atoms with van der Waals surface area (Å²) in [5.74, 6) is 0.737. The molecular formula is C27H32N2O3S2. The van der Waals surface area contributed by atoms with Crippen molar-refractivity contribution in [1.82, 2.24) is 4.98 Å². The lowest BCUT2D eigenvalue weighted by molar-refractivity contribution is -0.125. The monoisotopic (exact) mass is 496 g/mol. The Bertz CT molecular complexity index is 1230. The predicted molar refractivity (Wildman–Crippen MR) is 134 cm³/mol. The highest BCUT2D eigenvalue weighted by Crippen LogP contribution is 2.51. The van der Waals surface area contributed by atoms with Crippen LogP contribution in [0.3, 0.4) is 0 Å². The van der Waals surface area contributed by atoms with Crippen molar-refractivity contribution in [3.05, 3.63) is 39.7 Å². The van der Waals surface area contributed by atoms with Crippen molar-refractivity contribution >= 4 is 27.0 Å². The molecule has 1 heterocycles. The zero-order valence-electron chi connectivity index (χ0n) is 19.9. The molecule has 0 aliphatic heterocycles. The summed E-state index contributed by atoms with van der Waals surface area (Å²) in [7, 11) is -2.95. The van der Waals surface area contributed by atoms with Crippen LogP contribution >= 0.6 is 11.3 Å². The van der Waals surface area contributed by atoms with Gasteiger partial charge in [0, 0.05) is 35.0 Å². The van der Waals surface area contributed by atoms with Gasteiger partial charge >= 0.3 is 0 Å². The van der Waals surface area contributed by atoms with E-state index in [0.29, 0.717) is 25.2 Å². The van der Waals surface area contributed by atoms with Gasteiger partial charge in [0.15, 0.2) is 0 Å². The Morgan fingerprint density at radius 2 is 1.85 bits per heavy atom. The number of hydrogen-bond donors (Lipinski definition) is 0. The minimum absolute atomic E-state index is 0.0136. The van der Waals surface area contributed by atoms with Crippen LogP contribution in [0.25, 0.3) is 11.3 Å². The Morgan fingerprint density at radius 1 is 1.18 bits per heavy atom. The van der Waals surface area contributed by atoms with Gasteiger partial charge in [-0.3, -0.25) is 4.79 Å². The van der Waals surface area contributed by atoms with Gasteiger partial charge in [0.05, 0.1) is 27.4 Å². The van der Waals surface area contributed by atoms with Crippen molar-refractivity contribution in [2.45, 2.75) is 81.8 Å². The van der Waals surface area contributed by atoms with E-state index in [0.717, 1.165) is 54.8 Å². The molecule has 7 heteroatoms. The van der Waals surface area contributed by atoms with E-state index < -0.39 is 9.84 Å². The van der Waals surface area contributed by atoms with Crippen LogP contribution in [-0.2, 0) is 14.6 Å². The highest BCUT2D eigenvalue weighted by molar-refractivity contribution is 7.91. The summed E-state index contributed by atoms with van der Waals surface area (Å²) in [5.41, 5.74) is 2.85. The summed E-state index contributed by atoms with van der Waals surface area (Å²) < 4.78 is 23.5. The van der Waals surface area contributed by atoms with Crippen LogP contribution in [0.2, 0.25) is 0 Å². The van der Waals surface area contributed by atoms with Crippen LogP contribution in [0.1, 0.15) is 85.1 Å². The average Bonchev–Trinajstić information content (AvgIpc) is 3.44.